The first kappa shape index (κ1) is 69.7. The van der Waals surface area contributed by atoms with E-state index in [2.05, 4.69) is 24.7 Å². The van der Waals surface area contributed by atoms with E-state index in [-0.39, 0.29) is 85.6 Å². The minimum atomic E-state index is -3.66. The van der Waals surface area contributed by atoms with Crippen LogP contribution in [0.2, 0.25) is 0 Å². The molecule has 0 spiro atoms. The largest absolute Gasteiger partial charge is 2.00 e. The van der Waals surface area contributed by atoms with Gasteiger partial charge in [0.05, 0.1) is 59.7 Å². The number of para-hydroxylation sites is 1. The molecule has 0 saturated heterocycles. The predicted molar refractivity (Wildman–Crippen MR) is 291 cm³/mol. The molecular formula is C53H62CaF2N6O16S2. The molecule has 0 aliphatic rings. The van der Waals surface area contributed by atoms with Gasteiger partial charge in [0.25, 0.3) is 0 Å². The third-order valence-corrected chi connectivity index (χ3v) is 13.3. The average molecular weight is 1180 g/mol. The number of ether oxygens (including phenoxy) is 1. The fraction of sp³-hybridized carbons (Fsp3) is 0.358. The van der Waals surface area contributed by atoms with E-state index in [9.17, 15) is 75.4 Å². The number of aromatic nitrogens is 4. The molecule has 3 aromatic carbocycles. The summed E-state index contributed by atoms with van der Waals surface area (Å²) in [7, 11) is -4.67. The summed E-state index contributed by atoms with van der Waals surface area (Å²) in [6.07, 6.45) is 1.16. The molecule has 0 fully saturated rings. The molecule has 0 amide bonds. The van der Waals surface area contributed by atoms with Gasteiger partial charge in [-0.1, -0.05) is 64.1 Å². The van der Waals surface area contributed by atoms with Gasteiger partial charge in [-0.25, -0.2) is 59.0 Å². The zero-order valence-corrected chi connectivity index (χ0v) is 49.1. The number of aliphatic hydroxyl groups excluding tert-OH is 4. The van der Waals surface area contributed by atoms with Gasteiger partial charge < -0.3 is 50.1 Å². The van der Waals surface area contributed by atoms with Crippen molar-refractivity contribution in [1.82, 2.24) is 19.9 Å². The number of hydrogen-bond donors (Lipinski definition) is 5. The Bertz CT molecular complexity index is 3050. The molecule has 80 heavy (non-hydrogen) atoms. The Hall–Kier alpha value is -6.36. The molecule has 0 saturated carbocycles. The molecule has 2 aromatic heterocycles. The Morgan fingerprint density at radius 1 is 0.625 bits per heavy atom. The van der Waals surface area contributed by atoms with Crippen LogP contribution in [0.25, 0.3) is 34.7 Å². The quantitative estimate of drug-likeness (QED) is 0.0378. The molecule has 0 unspecified atom stereocenters. The van der Waals surface area contributed by atoms with Crippen molar-refractivity contribution in [2.24, 2.45) is 0 Å². The van der Waals surface area contributed by atoms with E-state index in [1.807, 2.05) is 27.7 Å². The number of sulfonamides is 2. The summed E-state index contributed by atoms with van der Waals surface area (Å²) >= 11 is 0. The van der Waals surface area contributed by atoms with Crippen molar-refractivity contribution >= 4 is 106 Å². The van der Waals surface area contributed by atoms with Crippen molar-refractivity contribution < 1.29 is 85.3 Å². The number of carbonyl (C=O) groups is 4. The van der Waals surface area contributed by atoms with Crippen LogP contribution in [0.3, 0.4) is 0 Å². The second-order valence-corrected chi connectivity index (χ2v) is 22.3. The molecule has 0 aliphatic carbocycles. The number of hydrogen-bond acceptors (Lipinski definition) is 19. The first-order valence-electron chi connectivity index (χ1n) is 23.9. The summed E-state index contributed by atoms with van der Waals surface area (Å²) in [5, 5.41) is 69.8. The van der Waals surface area contributed by atoms with Crippen LogP contribution in [0.5, 0.6) is 5.75 Å². The average Bonchev–Trinajstić information content (AvgIpc) is 3.33. The van der Waals surface area contributed by atoms with Gasteiger partial charge in [0.2, 0.25) is 31.9 Å². The van der Waals surface area contributed by atoms with Crippen molar-refractivity contribution in [3.8, 4) is 28.3 Å². The van der Waals surface area contributed by atoms with E-state index >= 15 is 0 Å². The van der Waals surface area contributed by atoms with Crippen molar-refractivity contribution in [3.63, 3.8) is 0 Å². The normalized spacial score (nSPS) is 13.0. The SMILES string of the molecule is CC(=O)Oc1ccccc1C(=O)O.CC(C)c1nc(N(C)S(C)(=O)=O)nc(-c2ccc(F)cc2)c1C=C[C@@H](O)C[C@@H](O)CC(=O)[O-].CC(C)c1nc(N(C)S(C)(=O)=O)nc(-c2ccc(F)cc2)c1C=C[C@@H](O)C[C@@H](O)CC(=O)[O-].[Ca+2]. The van der Waals surface area contributed by atoms with Gasteiger partial charge in [0, 0.05) is 80.9 Å². The second-order valence-electron chi connectivity index (χ2n) is 18.3. The minimum absolute atomic E-state index is 0. The zero-order valence-electron chi connectivity index (χ0n) is 45.2. The van der Waals surface area contributed by atoms with E-state index < -0.39 is 92.8 Å². The van der Waals surface area contributed by atoms with E-state index in [4.69, 9.17) is 5.11 Å². The van der Waals surface area contributed by atoms with Crippen LogP contribution < -0.4 is 23.6 Å². The first-order chi connectivity index (χ1) is 36.7. The minimum Gasteiger partial charge on any atom is -0.550 e. The maximum absolute atomic E-state index is 13.5. The fourth-order valence-electron chi connectivity index (χ4n) is 6.96. The van der Waals surface area contributed by atoms with Gasteiger partial charge in [-0.05, 0) is 72.5 Å². The standard InChI is InChI=1S/2C22H28FN3O6S.C9H8O4.Ca/c2*1-13(2)20-18(10-9-16(27)11-17(28)12-19(29)30)21(14-5-7-15(23)8-6-14)25-22(24-20)26(3)33(4,31)32;1-6(10)13-8-5-3-2-4-7(8)9(11)12;/h2*5-10,13,16-17,27-28H,11-12H2,1-4H3,(H,29,30);2-5H,1H3,(H,11,12);/q;;;+2/p-2/t2*16-,17-;;/m11../s1. The summed E-state index contributed by atoms with van der Waals surface area (Å²) in [5.74, 6) is -5.85. The summed E-state index contributed by atoms with van der Waals surface area (Å²) < 4.78 is 81.8. The van der Waals surface area contributed by atoms with Crippen LogP contribution in [0.15, 0.2) is 84.9 Å². The maximum atomic E-state index is 13.5. The van der Waals surface area contributed by atoms with E-state index in [1.165, 1.54) is 106 Å². The van der Waals surface area contributed by atoms with Gasteiger partial charge in [-0.15, -0.1) is 0 Å². The molecule has 5 N–H and O–H groups in total. The van der Waals surface area contributed by atoms with Gasteiger partial charge in [0.1, 0.15) is 22.9 Å². The number of nitrogens with zero attached hydrogens (tertiary/aromatic N) is 6. The Balaban J connectivity index is 0.000000443. The van der Waals surface area contributed by atoms with Gasteiger partial charge >= 0.3 is 49.7 Å². The number of anilines is 2. The number of carboxylic acids is 3. The summed E-state index contributed by atoms with van der Waals surface area (Å²) in [4.78, 5) is 60.0. The van der Waals surface area contributed by atoms with Gasteiger partial charge in [0.15, 0.2) is 0 Å². The molecule has 4 atom stereocenters. The van der Waals surface area contributed by atoms with Gasteiger partial charge in [-0.3, -0.25) is 4.79 Å². The third kappa shape index (κ3) is 22.3. The number of carboxylic acid groups (broad SMARTS) is 3. The topological polar surface area (TPSA) is 351 Å². The van der Waals surface area contributed by atoms with Crippen LogP contribution in [-0.2, 0) is 34.4 Å². The van der Waals surface area contributed by atoms with E-state index in [1.54, 1.807) is 12.1 Å². The van der Waals surface area contributed by atoms with Crippen molar-refractivity contribution in [2.75, 3.05) is 35.2 Å². The number of carbonyl (C=O) groups excluding carboxylic acids is 3. The molecular weight excluding hydrogens is 1120 g/mol. The number of benzene rings is 3. The molecule has 428 valence electrons. The predicted octanol–water partition coefficient (Wildman–Crippen LogP) is 3.06. The Morgan fingerprint density at radius 2 is 0.975 bits per heavy atom. The molecule has 5 rings (SSSR count). The number of halogens is 2. The summed E-state index contributed by atoms with van der Waals surface area (Å²) in [6, 6.07) is 16.9. The zero-order chi connectivity index (χ0) is 59.7. The van der Waals surface area contributed by atoms with Crippen molar-refractivity contribution in [3.05, 3.63) is 125 Å². The maximum Gasteiger partial charge on any atom is 2.00 e. The number of aliphatic hydroxyl groups is 4. The fourth-order valence-corrected chi connectivity index (χ4v) is 7.72. The Labute approximate surface area is 492 Å². The first-order valence-corrected chi connectivity index (χ1v) is 27.6. The molecule has 2 heterocycles. The van der Waals surface area contributed by atoms with Crippen LogP contribution in [0, 0.1) is 11.6 Å². The smallest absolute Gasteiger partial charge is 0.550 e. The summed E-state index contributed by atoms with van der Waals surface area (Å²) in [5.41, 5.74) is 3.51. The van der Waals surface area contributed by atoms with Crippen LogP contribution in [0.1, 0.15) is 105 Å². The number of aliphatic carboxylic acids is 2. The Kier molecular flexibility index (Phi) is 27.5. The van der Waals surface area contributed by atoms with Crippen molar-refractivity contribution in [2.45, 2.75) is 96.6 Å². The molecule has 0 aliphatic heterocycles. The monoisotopic (exact) mass is 1180 g/mol. The van der Waals surface area contributed by atoms with Crippen LogP contribution in [-0.4, -0.2) is 175 Å². The molecule has 5 aromatic rings. The summed E-state index contributed by atoms with van der Waals surface area (Å²) in [6.45, 7) is 8.60. The molecule has 22 nitrogen and oxygen atoms in total. The van der Waals surface area contributed by atoms with E-state index in [0.29, 0.717) is 45.0 Å². The van der Waals surface area contributed by atoms with Crippen molar-refractivity contribution in [1.29, 1.82) is 0 Å². The third-order valence-electron chi connectivity index (χ3n) is 11.0. The van der Waals surface area contributed by atoms with E-state index in [0.717, 1.165) is 21.1 Å². The number of aromatic carboxylic acids is 1. The van der Waals surface area contributed by atoms with Crippen LogP contribution >= 0.6 is 0 Å². The number of esters is 1. The number of rotatable bonds is 22. The Morgan fingerprint density at radius 3 is 1.27 bits per heavy atom. The molecule has 0 bridgehead atoms. The van der Waals surface area contributed by atoms with Crippen LogP contribution in [0.4, 0.5) is 20.7 Å². The second kappa shape index (κ2) is 31.6. The molecule has 0 radical (unpaired) electrons. The van der Waals surface area contributed by atoms with Gasteiger partial charge in [-0.2, -0.15) is 0 Å². The molecule has 27 heteroatoms.